The van der Waals surface area contributed by atoms with Gasteiger partial charge in [0, 0.05) is 12.7 Å². The Balaban J connectivity index is 2.64. The molecule has 0 fully saturated rings. The van der Waals surface area contributed by atoms with E-state index in [4.69, 9.17) is 0 Å². The summed E-state index contributed by atoms with van der Waals surface area (Å²) in [6.45, 7) is 5.80. The molecule has 1 N–H and O–H groups in total. The number of hydrogen-bond donors (Lipinski definition) is 1. The number of hydrogen-bond acceptors (Lipinski definition) is 2. The van der Waals surface area contributed by atoms with E-state index in [1.807, 2.05) is 13.0 Å². The van der Waals surface area contributed by atoms with Crippen LogP contribution in [0.15, 0.2) is 29.5 Å². The Morgan fingerprint density at radius 3 is 3.07 bits per heavy atom. The third-order valence-electron chi connectivity index (χ3n) is 1.72. The van der Waals surface area contributed by atoms with E-state index in [9.17, 15) is 4.79 Å². The number of carbonyl (C=O) groups excluding carboxylic acids is 1. The highest BCUT2D eigenvalue weighted by Gasteiger charge is 1.99. The van der Waals surface area contributed by atoms with E-state index in [1.54, 1.807) is 6.20 Å². The van der Waals surface area contributed by atoms with Crippen molar-refractivity contribution < 1.29 is 4.79 Å². The molecule has 3 nitrogen and oxygen atoms in total. The summed E-state index contributed by atoms with van der Waals surface area (Å²) in [5.41, 5.74) is 2.02. The number of rotatable bonds is 3. The Morgan fingerprint density at radius 1 is 1.79 bits per heavy atom. The third kappa shape index (κ3) is 2.96. The van der Waals surface area contributed by atoms with Gasteiger partial charge in [-0.1, -0.05) is 12.6 Å². The van der Waals surface area contributed by atoms with Crippen molar-refractivity contribution in [3.63, 3.8) is 0 Å². The van der Waals surface area contributed by atoms with Crippen LogP contribution in [0, 0.1) is 6.92 Å². The monoisotopic (exact) mass is 254 g/mol. The van der Waals surface area contributed by atoms with E-state index in [-0.39, 0.29) is 5.91 Å². The lowest BCUT2D eigenvalue weighted by Crippen LogP contribution is -2.20. The third-order valence-corrected chi connectivity index (χ3v) is 2.55. The van der Waals surface area contributed by atoms with E-state index in [0.29, 0.717) is 6.54 Å². The highest BCUT2D eigenvalue weighted by Crippen LogP contribution is 2.13. The Morgan fingerprint density at radius 2 is 2.50 bits per heavy atom. The number of halogens is 1. The molecule has 0 bridgehead atoms. The van der Waals surface area contributed by atoms with Crippen molar-refractivity contribution in [2.75, 3.05) is 0 Å². The van der Waals surface area contributed by atoms with Crippen LogP contribution in [-0.4, -0.2) is 10.9 Å². The van der Waals surface area contributed by atoms with Crippen LogP contribution in [0.4, 0.5) is 0 Å². The predicted molar refractivity (Wildman–Crippen MR) is 58.7 cm³/mol. The molecule has 1 amide bonds. The summed E-state index contributed by atoms with van der Waals surface area (Å²) in [5.74, 6) is -0.175. The van der Waals surface area contributed by atoms with Crippen LogP contribution >= 0.6 is 15.9 Å². The first-order chi connectivity index (χ1) is 6.63. The van der Waals surface area contributed by atoms with Crippen molar-refractivity contribution in [1.82, 2.24) is 10.3 Å². The zero-order chi connectivity index (χ0) is 10.6. The van der Waals surface area contributed by atoms with Crippen LogP contribution < -0.4 is 5.32 Å². The Bertz CT molecular complexity index is 363. The molecule has 1 aromatic rings. The summed E-state index contributed by atoms with van der Waals surface area (Å²) in [4.78, 5) is 15.0. The minimum Gasteiger partial charge on any atom is -0.348 e. The molecule has 1 aromatic heterocycles. The number of pyridine rings is 1. The fraction of sp³-hybridized carbons (Fsp3) is 0.200. The zero-order valence-corrected chi connectivity index (χ0v) is 9.47. The molecule has 4 heteroatoms. The van der Waals surface area contributed by atoms with Gasteiger partial charge in [0.15, 0.2) is 0 Å². The second-order valence-electron chi connectivity index (χ2n) is 2.87. The van der Waals surface area contributed by atoms with Gasteiger partial charge in [-0.25, -0.2) is 4.98 Å². The highest BCUT2D eigenvalue weighted by atomic mass is 79.9. The van der Waals surface area contributed by atoms with Crippen molar-refractivity contribution in [3.8, 4) is 0 Å². The number of aryl methyl sites for hydroxylation is 1. The highest BCUT2D eigenvalue weighted by molar-refractivity contribution is 9.10. The van der Waals surface area contributed by atoms with Gasteiger partial charge in [0.25, 0.3) is 0 Å². The van der Waals surface area contributed by atoms with Gasteiger partial charge in [-0.15, -0.1) is 0 Å². The molecule has 74 valence electrons. The van der Waals surface area contributed by atoms with Gasteiger partial charge in [-0.3, -0.25) is 4.79 Å². The Labute approximate surface area is 91.4 Å². The van der Waals surface area contributed by atoms with Crippen molar-refractivity contribution in [2.24, 2.45) is 0 Å². The van der Waals surface area contributed by atoms with Gasteiger partial charge < -0.3 is 5.32 Å². The van der Waals surface area contributed by atoms with E-state index in [0.717, 1.165) is 15.7 Å². The van der Waals surface area contributed by atoms with Gasteiger partial charge in [-0.05, 0) is 40.1 Å². The van der Waals surface area contributed by atoms with Crippen LogP contribution in [-0.2, 0) is 11.3 Å². The summed E-state index contributed by atoms with van der Waals surface area (Å²) >= 11 is 3.31. The maximum absolute atomic E-state index is 10.9. The summed E-state index contributed by atoms with van der Waals surface area (Å²) in [6, 6.07) is 1.97. The molecule has 0 spiro atoms. The molecule has 0 aliphatic heterocycles. The number of carbonyl (C=O) groups is 1. The molecule has 0 saturated heterocycles. The molecular weight excluding hydrogens is 244 g/mol. The van der Waals surface area contributed by atoms with Crippen molar-refractivity contribution in [2.45, 2.75) is 13.5 Å². The van der Waals surface area contributed by atoms with Crippen LogP contribution in [0.3, 0.4) is 0 Å². The summed E-state index contributed by atoms with van der Waals surface area (Å²) in [6.07, 6.45) is 2.97. The van der Waals surface area contributed by atoms with E-state index >= 15 is 0 Å². The lowest BCUT2D eigenvalue weighted by atomic mass is 10.2. The lowest BCUT2D eigenvalue weighted by molar-refractivity contribution is -0.116. The average Bonchev–Trinajstić information content (AvgIpc) is 2.19. The van der Waals surface area contributed by atoms with Crippen LogP contribution in [0.1, 0.15) is 11.1 Å². The Kier molecular flexibility index (Phi) is 3.83. The second-order valence-corrected chi connectivity index (χ2v) is 3.62. The summed E-state index contributed by atoms with van der Waals surface area (Å²) in [7, 11) is 0. The maximum atomic E-state index is 10.9. The molecule has 0 aromatic carbocycles. The quantitative estimate of drug-likeness (QED) is 0.662. The minimum atomic E-state index is -0.175. The minimum absolute atomic E-state index is 0.175. The number of aromatic nitrogens is 1. The summed E-state index contributed by atoms with van der Waals surface area (Å²) < 4.78 is 0.830. The van der Waals surface area contributed by atoms with Crippen molar-refractivity contribution in [1.29, 1.82) is 0 Å². The standard InChI is InChI=1S/C10H11BrN2O/c1-3-9(14)12-5-8-4-7(2)10(11)13-6-8/h3-4,6H,1,5H2,2H3,(H,12,14). The molecule has 0 atom stereocenters. The van der Waals surface area contributed by atoms with Gasteiger partial charge in [0.05, 0.1) is 0 Å². The second kappa shape index (κ2) is 4.91. The fourth-order valence-corrected chi connectivity index (χ4v) is 1.19. The average molecular weight is 255 g/mol. The van der Waals surface area contributed by atoms with Gasteiger partial charge >= 0.3 is 0 Å². The van der Waals surface area contributed by atoms with E-state index in [1.165, 1.54) is 6.08 Å². The predicted octanol–water partition coefficient (Wildman–Crippen LogP) is 1.95. The topological polar surface area (TPSA) is 42.0 Å². The molecule has 0 aliphatic carbocycles. The molecule has 1 rings (SSSR count). The van der Waals surface area contributed by atoms with E-state index < -0.39 is 0 Å². The lowest BCUT2D eigenvalue weighted by Gasteiger charge is -2.04. The van der Waals surface area contributed by atoms with Gasteiger partial charge in [-0.2, -0.15) is 0 Å². The molecule has 0 radical (unpaired) electrons. The summed E-state index contributed by atoms with van der Waals surface area (Å²) in [5, 5.41) is 2.68. The van der Waals surface area contributed by atoms with Crippen LogP contribution in [0.2, 0.25) is 0 Å². The molecule has 0 unspecified atom stereocenters. The Hall–Kier alpha value is -1.16. The molecule has 0 aliphatic rings. The van der Waals surface area contributed by atoms with Crippen LogP contribution in [0.5, 0.6) is 0 Å². The molecular formula is C10H11BrN2O. The number of nitrogens with zero attached hydrogens (tertiary/aromatic N) is 1. The first-order valence-corrected chi connectivity index (χ1v) is 4.94. The first-order valence-electron chi connectivity index (χ1n) is 4.14. The molecule has 14 heavy (non-hydrogen) atoms. The van der Waals surface area contributed by atoms with Gasteiger partial charge in [0.1, 0.15) is 4.60 Å². The fourth-order valence-electron chi connectivity index (χ4n) is 0.974. The maximum Gasteiger partial charge on any atom is 0.243 e. The molecule has 0 saturated carbocycles. The van der Waals surface area contributed by atoms with E-state index in [2.05, 4.69) is 32.8 Å². The normalized spacial score (nSPS) is 9.57. The molecule has 1 heterocycles. The van der Waals surface area contributed by atoms with Crippen LogP contribution in [0.25, 0.3) is 0 Å². The zero-order valence-electron chi connectivity index (χ0n) is 7.88. The SMILES string of the molecule is C=CC(=O)NCc1cnc(Br)c(C)c1. The van der Waals surface area contributed by atoms with Crippen molar-refractivity contribution >= 4 is 21.8 Å². The van der Waals surface area contributed by atoms with Crippen molar-refractivity contribution in [3.05, 3.63) is 40.6 Å². The van der Waals surface area contributed by atoms with Gasteiger partial charge in [0.2, 0.25) is 5.91 Å². The smallest absolute Gasteiger partial charge is 0.243 e. The number of nitrogens with one attached hydrogen (secondary N) is 1. The largest absolute Gasteiger partial charge is 0.348 e. The first kappa shape index (κ1) is 10.9. The number of amides is 1.